The highest BCUT2D eigenvalue weighted by molar-refractivity contribution is 8.03. The Balaban J connectivity index is 1.49. The molecule has 0 bridgehead atoms. The molecule has 1 amide bonds. The third-order valence-electron chi connectivity index (χ3n) is 3.74. The highest BCUT2D eigenvalue weighted by Crippen LogP contribution is 2.31. The molecular weight excluding hydrogens is 418 g/mol. The standard InChI is InChI=1S/C19H18ClN3OS3/c1-12-4-3-5-13(2)17(12)21-16(24)11-26-19-23-22-18(27-19)25-10-14-6-8-15(20)9-7-14/h3-9H,10-11H2,1-2H3,(H,21,24). The minimum Gasteiger partial charge on any atom is -0.325 e. The number of thioether (sulfide) groups is 2. The number of amides is 1. The van der Waals surface area contributed by atoms with E-state index in [1.165, 1.54) is 28.7 Å². The molecule has 0 spiro atoms. The number of aromatic nitrogens is 2. The fourth-order valence-electron chi connectivity index (χ4n) is 2.35. The number of nitrogens with zero attached hydrogens (tertiary/aromatic N) is 2. The summed E-state index contributed by atoms with van der Waals surface area (Å²) in [7, 11) is 0. The van der Waals surface area contributed by atoms with Crippen LogP contribution in [0.5, 0.6) is 0 Å². The first-order chi connectivity index (χ1) is 13.0. The average Bonchev–Trinajstić information content (AvgIpc) is 3.11. The average molecular weight is 436 g/mol. The van der Waals surface area contributed by atoms with Crippen molar-refractivity contribution in [2.75, 3.05) is 11.1 Å². The topological polar surface area (TPSA) is 54.9 Å². The molecule has 0 saturated carbocycles. The summed E-state index contributed by atoms with van der Waals surface area (Å²) in [5, 5.41) is 12.1. The summed E-state index contributed by atoms with van der Waals surface area (Å²) in [5.74, 6) is 1.08. The van der Waals surface area contributed by atoms with E-state index in [0.29, 0.717) is 5.75 Å². The number of rotatable bonds is 7. The third-order valence-corrected chi connectivity index (χ3v) is 7.25. The second-order valence-electron chi connectivity index (χ2n) is 5.85. The maximum absolute atomic E-state index is 12.2. The highest BCUT2D eigenvalue weighted by Gasteiger charge is 2.11. The SMILES string of the molecule is Cc1cccc(C)c1NC(=O)CSc1nnc(SCc2ccc(Cl)cc2)s1. The van der Waals surface area contributed by atoms with Gasteiger partial charge in [0.05, 0.1) is 5.75 Å². The number of aryl methyl sites for hydroxylation is 2. The van der Waals surface area contributed by atoms with Crippen LogP contribution in [-0.4, -0.2) is 21.9 Å². The van der Waals surface area contributed by atoms with Gasteiger partial charge in [0.2, 0.25) is 5.91 Å². The molecular formula is C19H18ClN3OS3. The van der Waals surface area contributed by atoms with Crippen LogP contribution in [0.3, 0.4) is 0 Å². The lowest BCUT2D eigenvalue weighted by Crippen LogP contribution is -2.15. The van der Waals surface area contributed by atoms with Crippen molar-refractivity contribution in [1.29, 1.82) is 0 Å². The summed E-state index contributed by atoms with van der Waals surface area (Å²) in [6, 6.07) is 13.7. The van der Waals surface area contributed by atoms with Gasteiger partial charge < -0.3 is 5.32 Å². The molecule has 0 fully saturated rings. The number of benzene rings is 2. The third kappa shape index (κ3) is 5.97. The van der Waals surface area contributed by atoms with Crippen LogP contribution >= 0.6 is 46.5 Å². The maximum Gasteiger partial charge on any atom is 0.234 e. The van der Waals surface area contributed by atoms with Gasteiger partial charge in [-0.1, -0.05) is 76.8 Å². The molecule has 0 atom stereocenters. The number of carbonyl (C=O) groups excluding carboxylic acids is 1. The molecule has 1 heterocycles. The van der Waals surface area contributed by atoms with E-state index >= 15 is 0 Å². The summed E-state index contributed by atoms with van der Waals surface area (Å²) in [5.41, 5.74) is 4.19. The lowest BCUT2D eigenvalue weighted by Gasteiger charge is -2.10. The van der Waals surface area contributed by atoms with Gasteiger partial charge in [0.25, 0.3) is 0 Å². The van der Waals surface area contributed by atoms with Crippen LogP contribution in [0.1, 0.15) is 16.7 Å². The fourth-order valence-corrected chi connectivity index (χ4v) is 5.26. The normalized spacial score (nSPS) is 10.8. The molecule has 140 valence electrons. The molecule has 2 aromatic carbocycles. The van der Waals surface area contributed by atoms with E-state index in [2.05, 4.69) is 15.5 Å². The monoisotopic (exact) mass is 435 g/mol. The number of carbonyl (C=O) groups is 1. The number of nitrogens with one attached hydrogen (secondary N) is 1. The Labute approximate surface area is 176 Å². The first kappa shape index (κ1) is 20.2. The maximum atomic E-state index is 12.2. The summed E-state index contributed by atoms with van der Waals surface area (Å²) in [4.78, 5) is 12.2. The molecule has 8 heteroatoms. The largest absolute Gasteiger partial charge is 0.325 e. The van der Waals surface area contributed by atoms with Gasteiger partial charge in [-0.2, -0.15) is 0 Å². The van der Waals surface area contributed by atoms with Crippen molar-refractivity contribution in [1.82, 2.24) is 10.2 Å². The van der Waals surface area contributed by atoms with Crippen LogP contribution in [0.25, 0.3) is 0 Å². The van der Waals surface area contributed by atoms with Gasteiger partial charge in [-0.25, -0.2) is 0 Å². The van der Waals surface area contributed by atoms with E-state index < -0.39 is 0 Å². The number of para-hydroxylation sites is 1. The lowest BCUT2D eigenvalue weighted by molar-refractivity contribution is -0.113. The van der Waals surface area contributed by atoms with Gasteiger partial charge in [0.15, 0.2) is 8.68 Å². The predicted molar refractivity (Wildman–Crippen MR) is 116 cm³/mol. The Kier molecular flexibility index (Phi) is 7.18. The van der Waals surface area contributed by atoms with Crippen LogP contribution in [0, 0.1) is 13.8 Å². The summed E-state index contributed by atoms with van der Waals surface area (Å²) < 4.78 is 1.69. The van der Waals surface area contributed by atoms with Gasteiger partial charge >= 0.3 is 0 Å². The Morgan fingerprint density at radius 2 is 1.67 bits per heavy atom. The zero-order valence-electron chi connectivity index (χ0n) is 14.9. The summed E-state index contributed by atoms with van der Waals surface area (Å²) >= 11 is 10.4. The van der Waals surface area contributed by atoms with Crippen molar-refractivity contribution in [3.8, 4) is 0 Å². The molecule has 0 aliphatic rings. The van der Waals surface area contributed by atoms with Crippen LogP contribution in [-0.2, 0) is 10.5 Å². The van der Waals surface area contributed by atoms with E-state index in [0.717, 1.165) is 36.3 Å². The van der Waals surface area contributed by atoms with Crippen molar-refractivity contribution in [3.05, 3.63) is 64.2 Å². The van der Waals surface area contributed by atoms with E-state index in [1.807, 2.05) is 56.3 Å². The molecule has 0 radical (unpaired) electrons. The van der Waals surface area contributed by atoms with Crippen LogP contribution < -0.4 is 5.32 Å². The molecule has 0 aliphatic carbocycles. The van der Waals surface area contributed by atoms with E-state index in [4.69, 9.17) is 11.6 Å². The Hall–Kier alpha value is -1.54. The second kappa shape index (κ2) is 9.59. The molecule has 27 heavy (non-hydrogen) atoms. The predicted octanol–water partition coefficient (Wildman–Crippen LogP) is 5.83. The van der Waals surface area contributed by atoms with Gasteiger partial charge in [-0.05, 0) is 42.7 Å². The number of hydrogen-bond acceptors (Lipinski definition) is 6. The van der Waals surface area contributed by atoms with Gasteiger partial charge in [0, 0.05) is 16.5 Å². The minimum atomic E-state index is -0.0389. The quantitative estimate of drug-likeness (QED) is 0.473. The molecule has 1 aromatic heterocycles. The van der Waals surface area contributed by atoms with Gasteiger partial charge in [-0.15, -0.1) is 10.2 Å². The van der Waals surface area contributed by atoms with E-state index in [9.17, 15) is 4.79 Å². The van der Waals surface area contributed by atoms with E-state index in [-0.39, 0.29) is 5.91 Å². The molecule has 4 nitrogen and oxygen atoms in total. The lowest BCUT2D eigenvalue weighted by atomic mass is 10.1. The molecule has 3 rings (SSSR count). The number of hydrogen-bond donors (Lipinski definition) is 1. The van der Waals surface area contributed by atoms with Crippen molar-refractivity contribution in [2.45, 2.75) is 28.3 Å². The highest BCUT2D eigenvalue weighted by atomic mass is 35.5. The Morgan fingerprint density at radius 3 is 2.33 bits per heavy atom. The Morgan fingerprint density at radius 1 is 1.04 bits per heavy atom. The number of halogens is 1. The Bertz CT molecular complexity index is 908. The van der Waals surface area contributed by atoms with Crippen LogP contribution in [0.4, 0.5) is 5.69 Å². The van der Waals surface area contributed by atoms with Crippen LogP contribution in [0.15, 0.2) is 51.1 Å². The van der Waals surface area contributed by atoms with Crippen molar-refractivity contribution in [2.24, 2.45) is 0 Å². The summed E-state index contributed by atoms with van der Waals surface area (Å²) in [6.07, 6.45) is 0. The zero-order chi connectivity index (χ0) is 19.2. The summed E-state index contributed by atoms with van der Waals surface area (Å²) in [6.45, 7) is 3.98. The van der Waals surface area contributed by atoms with Crippen molar-refractivity contribution in [3.63, 3.8) is 0 Å². The first-order valence-electron chi connectivity index (χ1n) is 8.21. The fraction of sp³-hybridized carbons (Fsp3) is 0.211. The molecule has 1 N–H and O–H groups in total. The molecule has 0 saturated heterocycles. The van der Waals surface area contributed by atoms with Crippen molar-refractivity contribution >= 4 is 58.1 Å². The minimum absolute atomic E-state index is 0.0389. The molecule has 0 aliphatic heterocycles. The zero-order valence-corrected chi connectivity index (χ0v) is 18.1. The second-order valence-corrected chi connectivity index (χ2v) is 9.71. The van der Waals surface area contributed by atoms with Crippen molar-refractivity contribution < 1.29 is 4.79 Å². The molecule has 0 unspecified atom stereocenters. The number of anilines is 1. The van der Waals surface area contributed by atoms with Crippen LogP contribution in [0.2, 0.25) is 5.02 Å². The molecule has 3 aromatic rings. The van der Waals surface area contributed by atoms with Gasteiger partial charge in [-0.3, -0.25) is 4.79 Å². The first-order valence-corrected chi connectivity index (χ1v) is 11.4. The smallest absolute Gasteiger partial charge is 0.234 e. The van der Waals surface area contributed by atoms with E-state index in [1.54, 1.807) is 11.8 Å². The van der Waals surface area contributed by atoms with Gasteiger partial charge in [0.1, 0.15) is 0 Å².